The van der Waals surface area contributed by atoms with E-state index in [0.29, 0.717) is 5.75 Å². The van der Waals surface area contributed by atoms with Gasteiger partial charge in [0, 0.05) is 11.4 Å². The highest BCUT2D eigenvalue weighted by atomic mass is 32.1. The van der Waals surface area contributed by atoms with Gasteiger partial charge in [-0.25, -0.2) is 4.79 Å². The largest absolute Gasteiger partial charge is 0.480 e. The monoisotopic (exact) mass is 399 g/mol. The molecule has 0 fully saturated rings. The summed E-state index contributed by atoms with van der Waals surface area (Å²) in [6.45, 7) is 10.9. The Morgan fingerprint density at radius 3 is 1.78 bits per heavy atom. The van der Waals surface area contributed by atoms with Crippen LogP contribution in [0.3, 0.4) is 0 Å². The zero-order chi connectivity index (χ0) is 20.7. The summed E-state index contributed by atoms with van der Waals surface area (Å²) < 4.78 is 0. The second-order valence-electron chi connectivity index (χ2n) is 8.64. The van der Waals surface area contributed by atoms with Crippen molar-refractivity contribution in [1.82, 2.24) is 5.32 Å². The van der Waals surface area contributed by atoms with E-state index < -0.39 is 12.0 Å². The summed E-state index contributed by atoms with van der Waals surface area (Å²) in [5.41, 5.74) is 2.32. The van der Waals surface area contributed by atoms with Gasteiger partial charge in [0.2, 0.25) is 0 Å². The van der Waals surface area contributed by atoms with Gasteiger partial charge in [-0.2, -0.15) is 12.6 Å². The second kappa shape index (κ2) is 15.3. The van der Waals surface area contributed by atoms with Gasteiger partial charge in [-0.3, -0.25) is 0 Å². The molecule has 1 unspecified atom stereocenters. The van der Waals surface area contributed by atoms with Crippen LogP contribution in [0.4, 0.5) is 0 Å². The summed E-state index contributed by atoms with van der Waals surface area (Å²) in [5.74, 6) is -0.556. The molecule has 27 heavy (non-hydrogen) atoms. The molecule has 0 spiro atoms. The van der Waals surface area contributed by atoms with Crippen LogP contribution < -0.4 is 5.32 Å². The lowest BCUT2D eigenvalue weighted by molar-refractivity contribution is -0.138. The summed E-state index contributed by atoms with van der Waals surface area (Å²) in [6.07, 6.45) is 16.1. The molecule has 3 nitrogen and oxygen atoms in total. The minimum atomic E-state index is -0.847. The number of nitrogens with one attached hydrogen (secondary N) is 1. The molecule has 0 saturated carbocycles. The number of hydrogen-bond donors (Lipinski definition) is 3. The van der Waals surface area contributed by atoms with Gasteiger partial charge in [0.05, 0.1) is 0 Å². The maximum atomic E-state index is 11.2. The van der Waals surface area contributed by atoms with Crippen LogP contribution in [0.2, 0.25) is 0 Å². The lowest BCUT2D eigenvalue weighted by atomic mass is 9.79. The molecule has 0 heterocycles. The number of allylic oxidation sites excluding steroid dienone is 2. The molecule has 0 aromatic rings. The lowest BCUT2D eigenvalue weighted by Crippen LogP contribution is -2.38. The van der Waals surface area contributed by atoms with E-state index in [1.54, 1.807) is 0 Å². The quantitative estimate of drug-likeness (QED) is 0.183. The average Bonchev–Trinajstić information content (AvgIpc) is 2.62. The van der Waals surface area contributed by atoms with Crippen LogP contribution in [0, 0.1) is 5.41 Å². The normalized spacial score (nSPS) is 14.0. The van der Waals surface area contributed by atoms with Gasteiger partial charge in [-0.05, 0) is 31.3 Å². The predicted octanol–water partition coefficient (Wildman–Crippen LogP) is 6.98. The Morgan fingerprint density at radius 1 is 0.926 bits per heavy atom. The maximum absolute atomic E-state index is 11.2. The first kappa shape index (κ1) is 26.4. The molecule has 0 aromatic heterocycles. The van der Waals surface area contributed by atoms with Crippen molar-refractivity contribution in [3.05, 3.63) is 11.3 Å². The van der Waals surface area contributed by atoms with E-state index in [-0.39, 0.29) is 5.41 Å². The van der Waals surface area contributed by atoms with E-state index in [0.717, 1.165) is 12.1 Å². The minimum absolute atomic E-state index is 0.0933. The van der Waals surface area contributed by atoms with Gasteiger partial charge in [0.1, 0.15) is 6.04 Å². The van der Waals surface area contributed by atoms with Crippen LogP contribution in [-0.2, 0) is 4.79 Å². The first-order valence-corrected chi connectivity index (χ1v) is 11.7. The first-order chi connectivity index (χ1) is 12.8. The summed E-state index contributed by atoms with van der Waals surface area (Å²) in [4.78, 5) is 11.2. The van der Waals surface area contributed by atoms with Crippen molar-refractivity contribution in [1.29, 1.82) is 0 Å². The van der Waals surface area contributed by atoms with Gasteiger partial charge in [0.25, 0.3) is 0 Å². The van der Waals surface area contributed by atoms with Crippen molar-refractivity contribution in [2.45, 2.75) is 118 Å². The van der Waals surface area contributed by atoms with Crippen molar-refractivity contribution in [3.63, 3.8) is 0 Å². The molecule has 4 heteroatoms. The Bertz CT molecular complexity index is 432. The lowest BCUT2D eigenvalue weighted by Gasteiger charge is -2.29. The number of unbranched alkanes of at least 4 members (excludes halogenated alkanes) is 10. The smallest absolute Gasteiger partial charge is 0.326 e. The number of hydrogen-bond acceptors (Lipinski definition) is 3. The maximum Gasteiger partial charge on any atom is 0.326 e. The first-order valence-electron chi connectivity index (χ1n) is 11.0. The van der Waals surface area contributed by atoms with Crippen molar-refractivity contribution in [2.75, 3.05) is 5.75 Å². The topological polar surface area (TPSA) is 49.3 Å². The molecular weight excluding hydrogens is 354 g/mol. The van der Waals surface area contributed by atoms with Crippen molar-refractivity contribution in [3.8, 4) is 0 Å². The Balaban J connectivity index is 4.04. The van der Waals surface area contributed by atoms with Gasteiger partial charge >= 0.3 is 5.97 Å². The predicted molar refractivity (Wildman–Crippen MR) is 122 cm³/mol. The van der Waals surface area contributed by atoms with Crippen LogP contribution >= 0.6 is 12.6 Å². The Labute approximate surface area is 174 Å². The minimum Gasteiger partial charge on any atom is -0.480 e. The highest BCUT2D eigenvalue weighted by molar-refractivity contribution is 7.80. The zero-order valence-electron chi connectivity index (χ0n) is 18.6. The summed E-state index contributed by atoms with van der Waals surface area (Å²) >= 11 is 4.13. The van der Waals surface area contributed by atoms with E-state index in [4.69, 9.17) is 0 Å². The molecule has 2 N–H and O–H groups in total. The third-order valence-electron chi connectivity index (χ3n) is 5.85. The van der Waals surface area contributed by atoms with E-state index in [1.807, 2.05) is 6.92 Å². The fraction of sp³-hybridized carbons (Fsp3) is 0.870. The summed E-state index contributed by atoms with van der Waals surface area (Å²) in [7, 11) is 0. The number of carboxylic acids is 1. The SMILES string of the molecule is CCCCCCCCCCCCCC(C)(C)C(C)=C(C)NC(CS)C(=O)O. The molecule has 0 aliphatic heterocycles. The Morgan fingerprint density at radius 2 is 1.37 bits per heavy atom. The van der Waals surface area contributed by atoms with Crippen molar-refractivity contribution < 1.29 is 9.90 Å². The fourth-order valence-electron chi connectivity index (χ4n) is 3.48. The molecule has 0 aliphatic rings. The Hall–Kier alpha value is -0.640. The molecule has 0 bridgehead atoms. The van der Waals surface area contributed by atoms with Crippen LogP contribution in [0.1, 0.15) is 112 Å². The molecule has 0 rings (SSSR count). The van der Waals surface area contributed by atoms with Crippen molar-refractivity contribution >= 4 is 18.6 Å². The summed E-state index contributed by atoms with van der Waals surface area (Å²) in [5, 5.41) is 12.3. The number of carbonyl (C=O) groups is 1. The molecule has 0 radical (unpaired) electrons. The molecule has 1 atom stereocenters. The number of aliphatic carboxylic acids is 1. The fourth-order valence-corrected chi connectivity index (χ4v) is 3.73. The van der Waals surface area contributed by atoms with Crippen LogP contribution in [-0.4, -0.2) is 22.9 Å². The number of rotatable bonds is 17. The molecule has 0 aliphatic carbocycles. The van der Waals surface area contributed by atoms with Gasteiger partial charge in [-0.15, -0.1) is 0 Å². The van der Waals surface area contributed by atoms with Crippen LogP contribution in [0.5, 0.6) is 0 Å². The highest BCUT2D eigenvalue weighted by Gasteiger charge is 2.23. The van der Waals surface area contributed by atoms with Gasteiger partial charge in [0.15, 0.2) is 0 Å². The van der Waals surface area contributed by atoms with Crippen LogP contribution in [0.25, 0.3) is 0 Å². The Kier molecular flexibility index (Phi) is 14.9. The van der Waals surface area contributed by atoms with E-state index in [2.05, 4.69) is 45.6 Å². The van der Waals surface area contributed by atoms with E-state index in [1.165, 1.54) is 76.2 Å². The molecule has 0 aromatic carbocycles. The standard InChI is InChI=1S/C23H45NO2S/c1-6-7-8-9-10-11-12-13-14-15-16-17-23(4,5)19(2)20(3)24-21(18-27)22(25)26/h21,24,27H,6-18H2,1-5H3,(H,25,26). The van der Waals surface area contributed by atoms with Gasteiger partial charge < -0.3 is 10.4 Å². The molecule has 0 saturated heterocycles. The molecule has 160 valence electrons. The average molecular weight is 400 g/mol. The zero-order valence-corrected chi connectivity index (χ0v) is 19.5. The number of thiol groups is 1. The van der Waals surface area contributed by atoms with Crippen molar-refractivity contribution in [2.24, 2.45) is 5.41 Å². The van der Waals surface area contributed by atoms with Gasteiger partial charge in [-0.1, -0.05) is 91.4 Å². The molecular formula is C23H45NO2S. The van der Waals surface area contributed by atoms with E-state index >= 15 is 0 Å². The third kappa shape index (κ3) is 12.4. The second-order valence-corrected chi connectivity index (χ2v) is 9.00. The summed E-state index contributed by atoms with van der Waals surface area (Å²) in [6, 6.07) is -0.624. The number of carboxylic acid groups (broad SMARTS) is 1. The van der Waals surface area contributed by atoms with E-state index in [9.17, 15) is 9.90 Å². The molecule has 0 amide bonds. The highest BCUT2D eigenvalue weighted by Crippen LogP contribution is 2.33. The third-order valence-corrected chi connectivity index (χ3v) is 6.22. The van der Waals surface area contributed by atoms with Crippen LogP contribution in [0.15, 0.2) is 11.3 Å².